The minimum absolute atomic E-state index is 0.0533. The summed E-state index contributed by atoms with van der Waals surface area (Å²) in [5.74, 6) is 0.127. The van der Waals surface area contributed by atoms with E-state index in [1.807, 2.05) is 6.07 Å². The molecule has 0 aromatic carbocycles. The van der Waals surface area contributed by atoms with Crippen LogP contribution in [0.1, 0.15) is 32.3 Å². The van der Waals surface area contributed by atoms with Crippen LogP contribution in [-0.2, 0) is 27.2 Å². The minimum atomic E-state index is -1.14. The highest BCUT2D eigenvalue weighted by molar-refractivity contribution is 5.80. The summed E-state index contributed by atoms with van der Waals surface area (Å²) in [5, 5.41) is 11.7. The van der Waals surface area contributed by atoms with Gasteiger partial charge in [-0.15, -0.1) is 0 Å². The van der Waals surface area contributed by atoms with E-state index in [1.54, 1.807) is 26.8 Å². The van der Waals surface area contributed by atoms with E-state index in [4.69, 9.17) is 13.9 Å². The molecule has 1 aliphatic heterocycles. The number of alkyl carbamates (subject to hydrolysis) is 1. The van der Waals surface area contributed by atoms with Crippen LogP contribution in [0.15, 0.2) is 16.5 Å². The van der Waals surface area contributed by atoms with Crippen molar-refractivity contribution in [1.29, 1.82) is 0 Å². The van der Waals surface area contributed by atoms with Gasteiger partial charge in [-0.2, -0.15) is 0 Å². The van der Waals surface area contributed by atoms with Crippen LogP contribution >= 0.6 is 0 Å². The molecule has 0 aliphatic carbocycles. The number of furan rings is 1. The standard InChI is InChI=1S/C17H26N2O6/c1-17(2,3)25-16(22)18-14(15(20)21)10-12-4-5-13(24-12)11-19-6-8-23-9-7-19/h4-5,14H,6-11H2,1-3H3,(H,18,22)(H,20,21). The van der Waals surface area contributed by atoms with Crippen LogP contribution in [0.25, 0.3) is 0 Å². The first kappa shape index (κ1) is 19.3. The molecule has 0 spiro atoms. The number of nitrogens with zero attached hydrogens (tertiary/aromatic N) is 1. The van der Waals surface area contributed by atoms with Crippen molar-refractivity contribution >= 4 is 12.1 Å². The third-order valence-electron chi connectivity index (χ3n) is 3.59. The lowest BCUT2D eigenvalue weighted by Gasteiger charge is -2.25. The molecule has 2 rings (SSSR count). The first-order valence-corrected chi connectivity index (χ1v) is 8.33. The molecule has 0 radical (unpaired) electrons. The number of hydrogen-bond donors (Lipinski definition) is 2. The molecule has 2 N–H and O–H groups in total. The maximum Gasteiger partial charge on any atom is 0.408 e. The molecule has 8 nitrogen and oxygen atoms in total. The Bertz CT molecular complexity index is 586. The normalized spacial score (nSPS) is 17.1. The molecule has 2 heterocycles. The van der Waals surface area contributed by atoms with Crippen molar-refractivity contribution < 1.29 is 28.6 Å². The van der Waals surface area contributed by atoms with Gasteiger partial charge in [-0.25, -0.2) is 9.59 Å². The number of hydrogen-bond acceptors (Lipinski definition) is 6. The zero-order chi connectivity index (χ0) is 18.4. The molecule has 1 unspecified atom stereocenters. The molecule has 1 amide bonds. The molecule has 8 heteroatoms. The van der Waals surface area contributed by atoms with Gasteiger partial charge in [0, 0.05) is 19.5 Å². The summed E-state index contributed by atoms with van der Waals surface area (Å²) in [6.45, 7) is 8.89. The number of rotatable bonds is 6. The Labute approximate surface area is 147 Å². The zero-order valence-corrected chi connectivity index (χ0v) is 14.9. The number of carbonyl (C=O) groups excluding carboxylic acids is 1. The monoisotopic (exact) mass is 354 g/mol. The highest BCUT2D eigenvalue weighted by Crippen LogP contribution is 2.14. The van der Waals surface area contributed by atoms with Crippen LogP contribution in [0.4, 0.5) is 4.79 Å². The Balaban J connectivity index is 1.91. The summed E-state index contributed by atoms with van der Waals surface area (Å²) in [7, 11) is 0. The van der Waals surface area contributed by atoms with E-state index in [2.05, 4.69) is 10.2 Å². The fourth-order valence-corrected chi connectivity index (χ4v) is 2.45. The predicted octanol–water partition coefficient (Wildman–Crippen LogP) is 1.63. The second kappa shape index (κ2) is 8.35. The van der Waals surface area contributed by atoms with Crippen LogP contribution in [0.3, 0.4) is 0 Å². The van der Waals surface area contributed by atoms with E-state index in [0.29, 0.717) is 25.5 Å². The largest absolute Gasteiger partial charge is 0.480 e. The molecule has 1 aliphatic rings. The molecular weight excluding hydrogens is 328 g/mol. The van der Waals surface area contributed by atoms with Gasteiger partial charge in [-0.05, 0) is 32.9 Å². The third kappa shape index (κ3) is 6.75. The van der Waals surface area contributed by atoms with Gasteiger partial charge in [0.05, 0.1) is 19.8 Å². The van der Waals surface area contributed by atoms with Crippen molar-refractivity contribution in [3.63, 3.8) is 0 Å². The molecule has 1 atom stereocenters. The van der Waals surface area contributed by atoms with E-state index < -0.39 is 23.7 Å². The number of carboxylic acid groups (broad SMARTS) is 1. The Kier molecular flexibility index (Phi) is 6.44. The highest BCUT2D eigenvalue weighted by Gasteiger charge is 2.25. The zero-order valence-electron chi connectivity index (χ0n) is 14.9. The number of amides is 1. The Morgan fingerprint density at radius 3 is 2.52 bits per heavy atom. The molecule has 140 valence electrons. The number of carbonyl (C=O) groups is 2. The summed E-state index contributed by atoms with van der Waals surface area (Å²) >= 11 is 0. The van der Waals surface area contributed by atoms with Crippen LogP contribution in [0.2, 0.25) is 0 Å². The number of nitrogens with one attached hydrogen (secondary N) is 1. The SMILES string of the molecule is CC(C)(C)OC(=O)NC(Cc1ccc(CN2CCOCC2)o1)C(=O)O. The molecule has 1 fully saturated rings. The minimum Gasteiger partial charge on any atom is -0.480 e. The van der Waals surface area contributed by atoms with E-state index in [1.165, 1.54) is 0 Å². The molecule has 1 aromatic heterocycles. The summed E-state index contributed by atoms with van der Waals surface area (Å²) < 4.78 is 16.1. The first-order chi connectivity index (χ1) is 11.7. The van der Waals surface area contributed by atoms with E-state index in [9.17, 15) is 14.7 Å². The number of aliphatic carboxylic acids is 1. The lowest BCUT2D eigenvalue weighted by molar-refractivity contribution is -0.139. The fourth-order valence-electron chi connectivity index (χ4n) is 2.45. The lowest BCUT2D eigenvalue weighted by Crippen LogP contribution is -2.44. The Hall–Kier alpha value is -2.06. The van der Waals surface area contributed by atoms with Crippen molar-refractivity contribution in [2.45, 2.75) is 45.4 Å². The molecule has 0 bridgehead atoms. The van der Waals surface area contributed by atoms with Crippen molar-refractivity contribution in [3.05, 3.63) is 23.7 Å². The summed E-state index contributed by atoms with van der Waals surface area (Å²) in [6, 6.07) is 2.46. The van der Waals surface area contributed by atoms with Gasteiger partial charge >= 0.3 is 12.1 Å². The second-order valence-electron chi connectivity index (χ2n) is 7.00. The van der Waals surface area contributed by atoms with Gasteiger partial charge in [-0.1, -0.05) is 0 Å². The Morgan fingerprint density at radius 1 is 1.28 bits per heavy atom. The average molecular weight is 354 g/mol. The molecule has 0 saturated carbocycles. The van der Waals surface area contributed by atoms with Gasteiger partial charge < -0.3 is 24.3 Å². The summed E-state index contributed by atoms with van der Waals surface area (Å²) in [6.07, 6.45) is -0.711. The van der Waals surface area contributed by atoms with E-state index in [0.717, 1.165) is 18.8 Å². The van der Waals surface area contributed by atoms with Crippen molar-refractivity contribution in [1.82, 2.24) is 10.2 Å². The molecule has 1 saturated heterocycles. The molecule has 25 heavy (non-hydrogen) atoms. The van der Waals surface area contributed by atoms with Crippen molar-refractivity contribution in [3.8, 4) is 0 Å². The third-order valence-corrected chi connectivity index (χ3v) is 3.59. The average Bonchev–Trinajstić information content (AvgIpc) is 2.92. The van der Waals surface area contributed by atoms with E-state index in [-0.39, 0.29) is 6.42 Å². The Morgan fingerprint density at radius 2 is 1.92 bits per heavy atom. The predicted molar refractivity (Wildman–Crippen MR) is 89.3 cm³/mol. The van der Waals surface area contributed by atoms with Crippen LogP contribution in [-0.4, -0.2) is 60.0 Å². The summed E-state index contributed by atoms with van der Waals surface area (Å²) in [5.41, 5.74) is -0.691. The lowest BCUT2D eigenvalue weighted by atomic mass is 10.1. The second-order valence-corrected chi connectivity index (χ2v) is 7.00. The maximum atomic E-state index is 11.8. The van der Waals surface area contributed by atoms with Gasteiger partial charge in [0.15, 0.2) is 0 Å². The smallest absolute Gasteiger partial charge is 0.408 e. The maximum absolute atomic E-state index is 11.8. The van der Waals surface area contributed by atoms with Crippen LogP contribution in [0.5, 0.6) is 0 Å². The number of morpholine rings is 1. The van der Waals surface area contributed by atoms with Gasteiger partial charge in [0.1, 0.15) is 23.2 Å². The summed E-state index contributed by atoms with van der Waals surface area (Å²) in [4.78, 5) is 25.4. The van der Waals surface area contributed by atoms with Gasteiger partial charge in [0.25, 0.3) is 0 Å². The van der Waals surface area contributed by atoms with Crippen LogP contribution in [0, 0.1) is 0 Å². The van der Waals surface area contributed by atoms with Crippen molar-refractivity contribution in [2.24, 2.45) is 0 Å². The fraction of sp³-hybridized carbons (Fsp3) is 0.647. The quantitative estimate of drug-likeness (QED) is 0.800. The number of ether oxygens (including phenoxy) is 2. The van der Waals surface area contributed by atoms with E-state index >= 15 is 0 Å². The van der Waals surface area contributed by atoms with Crippen LogP contribution < -0.4 is 5.32 Å². The molecular formula is C17H26N2O6. The number of carboxylic acids is 1. The van der Waals surface area contributed by atoms with Gasteiger partial charge in [0.2, 0.25) is 0 Å². The van der Waals surface area contributed by atoms with Gasteiger partial charge in [-0.3, -0.25) is 4.90 Å². The first-order valence-electron chi connectivity index (χ1n) is 8.33. The topological polar surface area (TPSA) is 101 Å². The highest BCUT2D eigenvalue weighted by atomic mass is 16.6. The molecule has 1 aromatic rings. The van der Waals surface area contributed by atoms with Crippen molar-refractivity contribution in [2.75, 3.05) is 26.3 Å².